The van der Waals surface area contributed by atoms with E-state index in [1.165, 1.54) is 0 Å². The predicted molar refractivity (Wildman–Crippen MR) is 76.3 cm³/mol. The molecular formula is C13H20N4OS. The Labute approximate surface area is 118 Å². The highest BCUT2D eigenvalue weighted by Crippen LogP contribution is 2.22. The first kappa shape index (κ1) is 14.3. The Morgan fingerprint density at radius 2 is 2.42 bits per heavy atom. The van der Waals surface area contributed by atoms with Crippen LogP contribution < -0.4 is 10.2 Å². The van der Waals surface area contributed by atoms with E-state index in [0.29, 0.717) is 13.2 Å². The van der Waals surface area contributed by atoms with E-state index in [2.05, 4.69) is 47.4 Å². The number of hydrogen-bond acceptors (Lipinski definition) is 6. The lowest BCUT2D eigenvalue weighted by Gasteiger charge is -2.29. The van der Waals surface area contributed by atoms with E-state index in [9.17, 15) is 0 Å². The molecule has 0 amide bonds. The SMILES string of the molecule is CC(C)(C)NCc1csc(N2CCOC(C#N)C2)n1. The average molecular weight is 280 g/mol. The summed E-state index contributed by atoms with van der Waals surface area (Å²) >= 11 is 1.63. The van der Waals surface area contributed by atoms with Gasteiger partial charge >= 0.3 is 0 Å². The van der Waals surface area contributed by atoms with E-state index in [0.717, 1.165) is 23.9 Å². The molecule has 104 valence electrons. The van der Waals surface area contributed by atoms with Gasteiger partial charge in [0.1, 0.15) is 0 Å². The van der Waals surface area contributed by atoms with Crippen LogP contribution in [0, 0.1) is 11.3 Å². The van der Waals surface area contributed by atoms with Crippen molar-refractivity contribution in [1.29, 1.82) is 5.26 Å². The summed E-state index contributed by atoms with van der Waals surface area (Å²) in [6.07, 6.45) is -0.339. The van der Waals surface area contributed by atoms with Crippen LogP contribution in [-0.4, -0.2) is 36.3 Å². The van der Waals surface area contributed by atoms with Crippen LogP contribution in [0.3, 0.4) is 0 Å². The quantitative estimate of drug-likeness (QED) is 0.914. The van der Waals surface area contributed by atoms with Gasteiger partial charge in [0.25, 0.3) is 0 Å². The zero-order chi connectivity index (χ0) is 13.9. The van der Waals surface area contributed by atoms with Gasteiger partial charge in [-0.05, 0) is 20.8 Å². The largest absolute Gasteiger partial charge is 0.360 e. The Morgan fingerprint density at radius 3 is 3.11 bits per heavy atom. The number of morpholine rings is 1. The molecule has 1 aliphatic heterocycles. The monoisotopic (exact) mass is 280 g/mol. The second-order valence-corrected chi connectivity index (χ2v) is 6.50. The molecule has 2 heterocycles. The van der Waals surface area contributed by atoms with Crippen molar-refractivity contribution in [2.75, 3.05) is 24.6 Å². The number of aromatic nitrogens is 1. The minimum atomic E-state index is -0.339. The molecule has 0 radical (unpaired) electrons. The normalized spacial score (nSPS) is 20.3. The van der Waals surface area contributed by atoms with Gasteiger partial charge < -0.3 is 15.0 Å². The second kappa shape index (κ2) is 5.87. The molecule has 1 aromatic rings. The number of nitrogens with one attached hydrogen (secondary N) is 1. The van der Waals surface area contributed by atoms with E-state index < -0.39 is 0 Å². The number of anilines is 1. The summed E-state index contributed by atoms with van der Waals surface area (Å²) in [5.74, 6) is 0. The number of nitriles is 1. The number of hydrogen-bond donors (Lipinski definition) is 1. The molecule has 1 unspecified atom stereocenters. The molecule has 0 aromatic carbocycles. The third-order valence-electron chi connectivity index (χ3n) is 2.82. The molecule has 1 aliphatic rings. The number of thiazole rings is 1. The van der Waals surface area contributed by atoms with Gasteiger partial charge in [0, 0.05) is 24.0 Å². The standard InChI is InChI=1S/C13H20N4OS/c1-13(2,3)15-7-10-9-19-12(16-10)17-4-5-18-11(6-14)8-17/h9,11,15H,4-5,7-8H2,1-3H3. The van der Waals surface area contributed by atoms with E-state index in [-0.39, 0.29) is 11.6 Å². The van der Waals surface area contributed by atoms with Gasteiger partial charge in [-0.1, -0.05) is 0 Å². The van der Waals surface area contributed by atoms with Gasteiger partial charge in [0.2, 0.25) is 0 Å². The van der Waals surface area contributed by atoms with E-state index >= 15 is 0 Å². The van der Waals surface area contributed by atoms with Gasteiger partial charge in [0.05, 0.1) is 24.9 Å². The average Bonchev–Trinajstić information content (AvgIpc) is 2.84. The highest BCUT2D eigenvalue weighted by molar-refractivity contribution is 7.13. The topological polar surface area (TPSA) is 61.2 Å². The van der Waals surface area contributed by atoms with Crippen LogP contribution in [0.1, 0.15) is 26.5 Å². The summed E-state index contributed by atoms with van der Waals surface area (Å²) in [5.41, 5.74) is 1.14. The fourth-order valence-corrected chi connectivity index (χ4v) is 2.64. The van der Waals surface area contributed by atoms with E-state index in [1.54, 1.807) is 11.3 Å². The molecule has 1 aromatic heterocycles. The van der Waals surface area contributed by atoms with Crippen LogP contribution in [0.15, 0.2) is 5.38 Å². The van der Waals surface area contributed by atoms with Crippen molar-refractivity contribution in [2.24, 2.45) is 0 Å². The lowest BCUT2D eigenvalue weighted by molar-refractivity contribution is 0.0764. The summed E-state index contributed by atoms with van der Waals surface area (Å²) in [5, 5.41) is 15.4. The third-order valence-corrected chi connectivity index (χ3v) is 3.77. The van der Waals surface area contributed by atoms with Crippen molar-refractivity contribution in [1.82, 2.24) is 10.3 Å². The molecule has 2 rings (SSSR count). The Bertz CT molecular complexity index is 460. The fourth-order valence-electron chi connectivity index (χ4n) is 1.78. The van der Waals surface area contributed by atoms with Gasteiger partial charge in [-0.25, -0.2) is 4.98 Å². The van der Waals surface area contributed by atoms with Gasteiger partial charge in [0.15, 0.2) is 11.2 Å². The van der Waals surface area contributed by atoms with Crippen molar-refractivity contribution in [3.8, 4) is 6.07 Å². The number of nitrogens with zero attached hydrogens (tertiary/aromatic N) is 3. The maximum Gasteiger partial charge on any atom is 0.185 e. The first-order chi connectivity index (χ1) is 8.98. The molecular weight excluding hydrogens is 260 g/mol. The molecule has 1 fully saturated rings. The lowest BCUT2D eigenvalue weighted by Crippen LogP contribution is -2.41. The fraction of sp³-hybridized carbons (Fsp3) is 0.692. The Morgan fingerprint density at radius 1 is 1.63 bits per heavy atom. The highest BCUT2D eigenvalue weighted by Gasteiger charge is 2.22. The number of ether oxygens (including phenoxy) is 1. The van der Waals surface area contributed by atoms with E-state index in [4.69, 9.17) is 10.00 Å². The molecule has 19 heavy (non-hydrogen) atoms. The van der Waals surface area contributed by atoms with Gasteiger partial charge in [-0.15, -0.1) is 11.3 Å². The minimum Gasteiger partial charge on any atom is -0.360 e. The van der Waals surface area contributed by atoms with Crippen molar-refractivity contribution < 1.29 is 4.74 Å². The zero-order valence-corrected chi connectivity index (χ0v) is 12.5. The molecule has 0 saturated carbocycles. The summed E-state index contributed by atoms with van der Waals surface area (Å²) in [4.78, 5) is 6.75. The molecule has 1 N–H and O–H groups in total. The van der Waals surface area contributed by atoms with E-state index in [1.807, 2.05) is 0 Å². The summed E-state index contributed by atoms with van der Waals surface area (Å²) < 4.78 is 5.34. The van der Waals surface area contributed by atoms with Crippen LogP contribution in [0.25, 0.3) is 0 Å². The first-order valence-corrected chi connectivity index (χ1v) is 7.31. The van der Waals surface area contributed by atoms with Crippen LogP contribution >= 0.6 is 11.3 Å². The lowest BCUT2D eigenvalue weighted by atomic mass is 10.1. The summed E-state index contributed by atoms with van der Waals surface area (Å²) in [7, 11) is 0. The third kappa shape index (κ3) is 4.16. The highest BCUT2D eigenvalue weighted by atomic mass is 32.1. The van der Waals surface area contributed by atoms with Crippen molar-refractivity contribution >= 4 is 16.5 Å². The maximum absolute atomic E-state index is 8.91. The van der Waals surface area contributed by atoms with Crippen molar-refractivity contribution in [2.45, 2.75) is 39.0 Å². The van der Waals surface area contributed by atoms with Crippen LogP contribution in [0.2, 0.25) is 0 Å². The van der Waals surface area contributed by atoms with Crippen LogP contribution in [0.4, 0.5) is 5.13 Å². The summed E-state index contributed by atoms with van der Waals surface area (Å²) in [6, 6.07) is 2.16. The minimum absolute atomic E-state index is 0.0919. The summed E-state index contributed by atoms with van der Waals surface area (Å²) in [6.45, 7) is 9.19. The van der Waals surface area contributed by atoms with Crippen molar-refractivity contribution in [3.63, 3.8) is 0 Å². The predicted octanol–water partition coefficient (Wildman–Crippen LogP) is 1.76. The Kier molecular flexibility index (Phi) is 4.40. The molecule has 6 heteroatoms. The molecule has 1 atom stereocenters. The smallest absolute Gasteiger partial charge is 0.185 e. The molecule has 5 nitrogen and oxygen atoms in total. The van der Waals surface area contributed by atoms with Gasteiger partial charge in [-0.2, -0.15) is 5.26 Å². The molecule has 0 aliphatic carbocycles. The maximum atomic E-state index is 8.91. The Balaban J connectivity index is 1.95. The second-order valence-electron chi connectivity index (χ2n) is 5.66. The van der Waals surface area contributed by atoms with Crippen LogP contribution in [-0.2, 0) is 11.3 Å². The first-order valence-electron chi connectivity index (χ1n) is 6.43. The Hall–Kier alpha value is -1.16. The molecule has 0 spiro atoms. The number of rotatable bonds is 3. The zero-order valence-electron chi connectivity index (χ0n) is 11.6. The van der Waals surface area contributed by atoms with Crippen LogP contribution in [0.5, 0.6) is 0 Å². The molecule has 0 bridgehead atoms. The van der Waals surface area contributed by atoms with Crippen molar-refractivity contribution in [3.05, 3.63) is 11.1 Å². The molecule has 1 saturated heterocycles. The van der Waals surface area contributed by atoms with Gasteiger partial charge in [-0.3, -0.25) is 0 Å².